The zero-order valence-corrected chi connectivity index (χ0v) is 42.2. The van der Waals surface area contributed by atoms with Crippen LogP contribution in [0.3, 0.4) is 0 Å². The molecule has 0 unspecified atom stereocenters. The summed E-state index contributed by atoms with van der Waals surface area (Å²) in [5.41, 5.74) is 0. The molecule has 0 bridgehead atoms. The van der Waals surface area contributed by atoms with Crippen molar-refractivity contribution in [3.63, 3.8) is 0 Å². The Morgan fingerprint density at radius 2 is 0.660 bits per heavy atom. The van der Waals surface area contributed by atoms with Gasteiger partial charge in [-0.3, -0.25) is 0 Å². The maximum Gasteiger partial charge on any atom is 0.389 e. The SMILES string of the molecule is CCCCCCCCCCCCCCCCSP(=O)(O)O.CCCCCCCCCCCCCCCCSP(=O)(OCC)OCC.CO.C[Si](C)(C)Br. The van der Waals surface area contributed by atoms with E-state index in [2.05, 4.69) is 48.8 Å². The van der Waals surface area contributed by atoms with Crippen molar-refractivity contribution in [3.05, 3.63) is 0 Å². The second kappa shape index (κ2) is 48.0. The molecule has 0 aliphatic carbocycles. The van der Waals surface area contributed by atoms with Crippen molar-refractivity contribution in [1.29, 1.82) is 0 Å². The van der Waals surface area contributed by atoms with Crippen LogP contribution in [0.5, 0.6) is 0 Å². The Bertz CT molecular complexity index is 762. The summed E-state index contributed by atoms with van der Waals surface area (Å²) >= 11 is 5.67. The monoisotopic (exact) mass is 916 g/mol. The molecule has 3 N–H and O–H groups in total. The largest absolute Gasteiger partial charge is 0.400 e. The summed E-state index contributed by atoms with van der Waals surface area (Å²) in [5, 5.41) is 7.00. The summed E-state index contributed by atoms with van der Waals surface area (Å²) in [5.74, 6) is 1.46. The number of hydrogen-bond acceptors (Lipinski definition) is 7. The van der Waals surface area contributed by atoms with Gasteiger partial charge in [0.05, 0.1) is 13.2 Å². The Labute approximate surface area is 348 Å². The van der Waals surface area contributed by atoms with E-state index in [1.165, 1.54) is 172 Å². The van der Waals surface area contributed by atoms with E-state index < -0.39 is 20.3 Å². The van der Waals surface area contributed by atoms with Gasteiger partial charge in [0, 0.05) is 18.6 Å². The summed E-state index contributed by atoms with van der Waals surface area (Å²) < 4.78 is 33.5. The molecule has 0 saturated carbocycles. The van der Waals surface area contributed by atoms with E-state index in [-0.39, 0.29) is 0 Å². The molecule has 53 heavy (non-hydrogen) atoms. The summed E-state index contributed by atoms with van der Waals surface area (Å²) in [6, 6.07) is 0. The van der Waals surface area contributed by atoms with E-state index in [0.29, 0.717) is 19.0 Å². The van der Waals surface area contributed by atoms with Gasteiger partial charge in [0.1, 0.15) is 6.69 Å². The fourth-order valence-corrected chi connectivity index (χ4v) is 10.6. The molecule has 0 radical (unpaired) electrons. The van der Waals surface area contributed by atoms with Crippen LogP contribution in [0.4, 0.5) is 0 Å². The maximum atomic E-state index is 12.3. The lowest BCUT2D eigenvalue weighted by Gasteiger charge is -2.15. The molecule has 7 nitrogen and oxygen atoms in total. The van der Waals surface area contributed by atoms with Crippen molar-refractivity contribution in [2.45, 2.75) is 227 Å². The molecule has 0 spiro atoms. The van der Waals surface area contributed by atoms with Gasteiger partial charge in [0.15, 0.2) is 0 Å². The van der Waals surface area contributed by atoms with Gasteiger partial charge < -0.3 is 23.9 Å². The molecule has 0 atom stereocenters. The Balaban J connectivity index is -0.000000388. The van der Waals surface area contributed by atoms with E-state index in [4.69, 9.17) is 23.9 Å². The minimum Gasteiger partial charge on any atom is -0.400 e. The van der Waals surface area contributed by atoms with Crippen molar-refractivity contribution in [1.82, 2.24) is 0 Å². The molecule has 0 fully saturated rings. The van der Waals surface area contributed by atoms with E-state index in [9.17, 15) is 9.13 Å². The lowest BCUT2D eigenvalue weighted by Crippen LogP contribution is -2.05. The molecule has 0 aromatic rings. The number of halogens is 1. The standard InChI is InChI=1S/C20H43O3PS.C16H35O3PS.C3H9BrSi.CH4O/c1-4-7-8-9-10-11-12-13-14-15-16-17-18-19-20-25-24(21,22-5-2)23-6-3;1-2-3-4-5-6-7-8-9-10-11-12-13-14-15-16-21-20(17,18)19;1-5(2,3)4;1-2/h4-20H2,1-3H3;2-16H2,1H3,(H2,17,18,19);1-3H3;2H,1H3. The number of unbranched alkanes of at least 4 members (excludes halogenated alkanes) is 26. The van der Waals surface area contributed by atoms with E-state index >= 15 is 0 Å². The van der Waals surface area contributed by atoms with Gasteiger partial charge in [-0.15, -0.1) is 15.3 Å². The van der Waals surface area contributed by atoms with Crippen molar-refractivity contribution in [2.75, 3.05) is 31.8 Å². The van der Waals surface area contributed by atoms with Crippen molar-refractivity contribution < 1.29 is 33.1 Å². The van der Waals surface area contributed by atoms with Gasteiger partial charge in [0.25, 0.3) is 0 Å². The zero-order chi connectivity index (χ0) is 41.0. The summed E-state index contributed by atoms with van der Waals surface area (Å²) in [6.07, 6.45) is 37.4. The van der Waals surface area contributed by atoms with Crippen molar-refractivity contribution >= 4 is 58.3 Å². The normalized spacial score (nSPS) is 11.6. The number of aliphatic hydroxyl groups excluding tert-OH is 1. The first kappa shape index (κ1) is 61.3. The van der Waals surface area contributed by atoms with Crippen LogP contribution in [-0.4, -0.2) is 53.4 Å². The van der Waals surface area contributed by atoms with E-state index in [1.807, 2.05) is 13.8 Å². The predicted molar refractivity (Wildman–Crippen MR) is 249 cm³/mol. The summed E-state index contributed by atoms with van der Waals surface area (Å²) in [4.78, 5) is 17.4. The Kier molecular flexibility index (Phi) is 55.6. The lowest BCUT2D eigenvalue weighted by atomic mass is 10.0. The first-order valence-corrected chi connectivity index (χ1v) is 33.7. The second-order valence-corrected chi connectivity index (χ2v) is 34.0. The van der Waals surface area contributed by atoms with Crippen LogP contribution >= 0.6 is 51.7 Å². The van der Waals surface area contributed by atoms with Crippen LogP contribution in [0, 0.1) is 0 Å². The van der Waals surface area contributed by atoms with Gasteiger partial charge in [0.2, 0.25) is 0 Å². The molecule has 326 valence electrons. The molecule has 0 aromatic heterocycles. The van der Waals surface area contributed by atoms with Crippen molar-refractivity contribution in [3.8, 4) is 0 Å². The molecule has 0 saturated heterocycles. The quantitative estimate of drug-likeness (QED) is 0.0245. The summed E-state index contributed by atoms with van der Waals surface area (Å²) in [7, 11) is 1.00. The van der Waals surface area contributed by atoms with Gasteiger partial charge in [-0.25, -0.2) is 9.13 Å². The van der Waals surface area contributed by atoms with Crippen LogP contribution in [0.25, 0.3) is 0 Å². The predicted octanol–water partition coefficient (Wildman–Crippen LogP) is 16.5. The highest BCUT2D eigenvalue weighted by atomic mass is 79.9. The third kappa shape index (κ3) is 68.7. The molecule has 0 heterocycles. The Morgan fingerprint density at radius 3 is 0.868 bits per heavy atom. The molecular weight excluding hydrogens is 827 g/mol. The maximum absolute atomic E-state index is 12.3. The number of rotatable bonds is 36. The third-order valence-corrected chi connectivity index (χ3v) is 14.5. The second-order valence-electron chi connectivity index (χ2n) is 14.7. The van der Waals surface area contributed by atoms with Gasteiger partial charge in [-0.2, -0.15) is 0 Å². The molecule has 0 aliphatic rings. The summed E-state index contributed by atoms with van der Waals surface area (Å²) in [6.45, 7) is 8.36. The highest BCUT2D eigenvalue weighted by Gasteiger charge is 2.23. The lowest BCUT2D eigenvalue weighted by molar-refractivity contribution is 0.237. The van der Waals surface area contributed by atoms with Crippen LogP contribution < -0.4 is 0 Å². The minimum absolute atomic E-state index is 0.447. The van der Waals surface area contributed by atoms with Crippen LogP contribution in [0.1, 0.15) is 207 Å². The van der Waals surface area contributed by atoms with Gasteiger partial charge in [-0.1, -0.05) is 200 Å². The average Bonchev–Trinajstić information content (AvgIpc) is 3.08. The molecule has 0 aromatic carbocycles. The third-order valence-electron chi connectivity index (χ3n) is 8.08. The zero-order valence-electron chi connectivity index (χ0n) is 36.2. The average molecular weight is 918 g/mol. The molecular formula is C40H91BrO7P2S2Si. The molecule has 0 aliphatic heterocycles. The Morgan fingerprint density at radius 1 is 0.453 bits per heavy atom. The highest BCUT2D eigenvalue weighted by molar-refractivity contribution is 9.26. The van der Waals surface area contributed by atoms with E-state index in [1.54, 1.807) is 0 Å². The van der Waals surface area contributed by atoms with Gasteiger partial charge in [-0.05, 0) is 49.5 Å². The molecule has 13 heteroatoms. The topological polar surface area (TPSA) is 113 Å². The highest BCUT2D eigenvalue weighted by Crippen LogP contribution is 2.60. The van der Waals surface area contributed by atoms with Crippen LogP contribution in [-0.2, 0) is 18.2 Å². The van der Waals surface area contributed by atoms with Crippen molar-refractivity contribution in [2.24, 2.45) is 0 Å². The van der Waals surface area contributed by atoms with E-state index in [0.717, 1.165) is 43.5 Å². The Hall–Kier alpha value is 1.66. The fourth-order valence-electron chi connectivity index (χ4n) is 5.38. The number of aliphatic hydroxyl groups is 1. The van der Waals surface area contributed by atoms with Gasteiger partial charge >= 0.3 is 13.6 Å². The van der Waals surface area contributed by atoms with Crippen LogP contribution in [0.15, 0.2) is 0 Å². The van der Waals surface area contributed by atoms with Crippen LogP contribution in [0.2, 0.25) is 19.6 Å². The molecule has 0 amide bonds. The fraction of sp³-hybridized carbons (Fsp3) is 1.00. The first-order chi connectivity index (χ1) is 25.2. The molecule has 0 rings (SSSR count). The first-order valence-electron chi connectivity index (χ1n) is 21.6. The minimum atomic E-state index is -3.84. The number of hydrogen-bond donors (Lipinski definition) is 3. The smallest absolute Gasteiger partial charge is 0.389 e.